The monoisotopic (exact) mass is 327 g/mol. The van der Waals surface area contributed by atoms with E-state index < -0.39 is 5.91 Å². The summed E-state index contributed by atoms with van der Waals surface area (Å²) in [6.07, 6.45) is 3.18. The van der Waals surface area contributed by atoms with Gasteiger partial charge < -0.3 is 5.73 Å². The van der Waals surface area contributed by atoms with E-state index in [4.69, 9.17) is 5.73 Å². The Morgan fingerprint density at radius 3 is 2.78 bits per heavy atom. The summed E-state index contributed by atoms with van der Waals surface area (Å²) in [4.78, 5) is 27.2. The maximum atomic E-state index is 12.2. The fraction of sp³-hybridized carbons (Fsp3) is 0.0667. The number of rotatable bonds is 5. The Kier molecular flexibility index (Phi) is 4.15. The molecule has 0 fully saturated rings. The van der Waals surface area contributed by atoms with E-state index in [0.29, 0.717) is 16.4 Å². The molecule has 0 aliphatic carbocycles. The van der Waals surface area contributed by atoms with Crippen LogP contribution < -0.4 is 11.1 Å². The molecule has 0 atom stereocenters. The molecule has 8 heteroatoms. The van der Waals surface area contributed by atoms with Gasteiger partial charge in [-0.3, -0.25) is 14.9 Å². The van der Waals surface area contributed by atoms with Crippen molar-refractivity contribution < 1.29 is 9.59 Å². The van der Waals surface area contributed by atoms with E-state index in [0.717, 1.165) is 5.69 Å². The van der Waals surface area contributed by atoms with Gasteiger partial charge in [0.2, 0.25) is 5.91 Å². The van der Waals surface area contributed by atoms with Crippen LogP contribution in [0.4, 0.5) is 5.13 Å². The number of nitrogens with zero attached hydrogens (tertiary/aromatic N) is 3. The topological polar surface area (TPSA) is 103 Å². The highest BCUT2D eigenvalue weighted by atomic mass is 32.1. The minimum absolute atomic E-state index is 0.0539. The molecule has 3 N–H and O–H groups in total. The van der Waals surface area contributed by atoms with Gasteiger partial charge in [-0.25, -0.2) is 9.67 Å². The molecule has 0 saturated carbocycles. The second-order valence-corrected chi connectivity index (χ2v) is 5.61. The van der Waals surface area contributed by atoms with Crippen molar-refractivity contribution in [3.8, 4) is 5.69 Å². The third kappa shape index (κ3) is 3.61. The van der Waals surface area contributed by atoms with Crippen LogP contribution in [0.2, 0.25) is 0 Å². The first-order chi connectivity index (χ1) is 11.1. The van der Waals surface area contributed by atoms with Crippen LogP contribution >= 0.6 is 11.3 Å². The second kappa shape index (κ2) is 6.41. The molecule has 0 bridgehead atoms. The lowest BCUT2D eigenvalue weighted by Gasteiger charge is -2.00. The predicted molar refractivity (Wildman–Crippen MR) is 86.5 cm³/mol. The smallest absolute Gasteiger partial charge is 0.260 e. The van der Waals surface area contributed by atoms with Gasteiger partial charge in [0.05, 0.1) is 29.6 Å². The number of hydrogen-bond donors (Lipinski definition) is 2. The van der Waals surface area contributed by atoms with E-state index in [1.165, 1.54) is 17.5 Å². The molecule has 0 spiro atoms. The van der Waals surface area contributed by atoms with Gasteiger partial charge in [-0.05, 0) is 12.1 Å². The van der Waals surface area contributed by atoms with Gasteiger partial charge in [0.1, 0.15) is 0 Å². The van der Waals surface area contributed by atoms with Crippen LogP contribution in [0.25, 0.3) is 5.69 Å². The minimum atomic E-state index is -0.461. The van der Waals surface area contributed by atoms with Crippen molar-refractivity contribution in [3.63, 3.8) is 0 Å². The molecule has 0 radical (unpaired) electrons. The van der Waals surface area contributed by atoms with Gasteiger partial charge in [0.25, 0.3) is 5.91 Å². The predicted octanol–water partition coefficient (Wildman–Crippen LogP) is 1.61. The van der Waals surface area contributed by atoms with Crippen molar-refractivity contribution >= 4 is 28.3 Å². The Morgan fingerprint density at radius 1 is 1.26 bits per heavy atom. The second-order valence-electron chi connectivity index (χ2n) is 4.75. The third-order valence-corrected chi connectivity index (χ3v) is 3.80. The van der Waals surface area contributed by atoms with E-state index >= 15 is 0 Å². The van der Waals surface area contributed by atoms with Gasteiger partial charge in [-0.2, -0.15) is 5.10 Å². The zero-order valence-electron chi connectivity index (χ0n) is 12.0. The molecule has 23 heavy (non-hydrogen) atoms. The summed E-state index contributed by atoms with van der Waals surface area (Å²) in [5, 5.41) is 8.95. The number of thiazole rings is 1. The zero-order chi connectivity index (χ0) is 16.2. The molecule has 1 aromatic carbocycles. The van der Waals surface area contributed by atoms with Crippen molar-refractivity contribution in [3.05, 3.63) is 59.4 Å². The molecule has 2 heterocycles. The minimum Gasteiger partial charge on any atom is -0.369 e. The van der Waals surface area contributed by atoms with Gasteiger partial charge in [-0.15, -0.1) is 11.3 Å². The summed E-state index contributed by atoms with van der Waals surface area (Å²) in [7, 11) is 0. The lowest BCUT2D eigenvalue weighted by Crippen LogP contribution is -2.14. The number of para-hydroxylation sites is 1. The molecule has 2 amide bonds. The first-order valence-electron chi connectivity index (χ1n) is 6.76. The van der Waals surface area contributed by atoms with E-state index in [1.807, 2.05) is 30.3 Å². The standard InChI is InChI=1S/C15H13N5O2S/c16-13(21)6-11-9-23-15(18-11)19-14(22)10-7-17-20(8-10)12-4-2-1-3-5-12/h1-5,7-9H,6H2,(H2,16,21)(H,18,19,22). The maximum Gasteiger partial charge on any atom is 0.260 e. The highest BCUT2D eigenvalue weighted by Gasteiger charge is 2.12. The molecule has 0 aliphatic heterocycles. The molecule has 0 saturated heterocycles. The third-order valence-electron chi connectivity index (χ3n) is 2.99. The Balaban J connectivity index is 1.70. The number of hydrogen-bond acceptors (Lipinski definition) is 5. The van der Waals surface area contributed by atoms with Crippen LogP contribution in [-0.2, 0) is 11.2 Å². The van der Waals surface area contributed by atoms with Crippen molar-refractivity contribution in [1.82, 2.24) is 14.8 Å². The van der Waals surface area contributed by atoms with Crippen LogP contribution in [0.15, 0.2) is 48.1 Å². The van der Waals surface area contributed by atoms with Crippen LogP contribution in [0.5, 0.6) is 0 Å². The quantitative estimate of drug-likeness (QED) is 0.743. The fourth-order valence-electron chi connectivity index (χ4n) is 1.96. The van der Waals surface area contributed by atoms with E-state index in [-0.39, 0.29) is 12.3 Å². The molecule has 116 valence electrons. The van der Waals surface area contributed by atoms with Gasteiger partial charge in [0, 0.05) is 11.6 Å². The number of benzene rings is 1. The van der Waals surface area contributed by atoms with Crippen molar-refractivity contribution in [2.45, 2.75) is 6.42 Å². The Hall–Kier alpha value is -3.00. The number of carbonyl (C=O) groups excluding carboxylic acids is 2. The average Bonchev–Trinajstić information content (AvgIpc) is 3.17. The number of carbonyl (C=O) groups is 2. The molecule has 7 nitrogen and oxygen atoms in total. The van der Waals surface area contributed by atoms with Crippen molar-refractivity contribution in [2.24, 2.45) is 5.73 Å². The summed E-state index contributed by atoms with van der Waals surface area (Å²) in [6.45, 7) is 0. The first-order valence-corrected chi connectivity index (χ1v) is 7.64. The van der Waals surface area contributed by atoms with Crippen LogP contribution in [0.3, 0.4) is 0 Å². The number of amides is 2. The molecule has 2 aromatic heterocycles. The van der Waals surface area contributed by atoms with Crippen molar-refractivity contribution in [2.75, 3.05) is 5.32 Å². The number of nitrogens with one attached hydrogen (secondary N) is 1. The van der Waals surface area contributed by atoms with Crippen LogP contribution in [0.1, 0.15) is 16.1 Å². The van der Waals surface area contributed by atoms with Crippen LogP contribution in [-0.4, -0.2) is 26.6 Å². The summed E-state index contributed by atoms with van der Waals surface area (Å²) in [6, 6.07) is 9.49. The Bertz CT molecular complexity index is 840. The summed E-state index contributed by atoms with van der Waals surface area (Å²) < 4.78 is 1.62. The fourth-order valence-corrected chi connectivity index (χ4v) is 2.66. The van der Waals surface area contributed by atoms with Crippen molar-refractivity contribution in [1.29, 1.82) is 0 Å². The molecule has 3 aromatic rings. The maximum absolute atomic E-state index is 12.2. The number of aromatic nitrogens is 3. The number of anilines is 1. The summed E-state index contributed by atoms with van der Waals surface area (Å²) in [5.74, 6) is -0.774. The van der Waals surface area contributed by atoms with E-state index in [2.05, 4.69) is 15.4 Å². The highest BCUT2D eigenvalue weighted by molar-refractivity contribution is 7.14. The molecule has 0 aliphatic rings. The van der Waals surface area contributed by atoms with E-state index in [9.17, 15) is 9.59 Å². The zero-order valence-corrected chi connectivity index (χ0v) is 12.8. The lowest BCUT2D eigenvalue weighted by molar-refractivity contribution is -0.117. The normalized spacial score (nSPS) is 10.4. The van der Waals surface area contributed by atoms with Gasteiger partial charge in [-0.1, -0.05) is 18.2 Å². The van der Waals surface area contributed by atoms with Crippen LogP contribution in [0, 0.1) is 0 Å². The van der Waals surface area contributed by atoms with Gasteiger partial charge >= 0.3 is 0 Å². The molecular formula is C15H13N5O2S. The molecule has 3 rings (SSSR count). The lowest BCUT2D eigenvalue weighted by atomic mass is 10.3. The molecule has 0 unspecified atom stereocenters. The first kappa shape index (κ1) is 14.9. The number of nitrogens with two attached hydrogens (primary N) is 1. The summed E-state index contributed by atoms with van der Waals surface area (Å²) in [5.41, 5.74) is 6.93. The Morgan fingerprint density at radius 2 is 2.04 bits per heavy atom. The SMILES string of the molecule is NC(=O)Cc1csc(NC(=O)c2cnn(-c3ccccc3)c2)n1. The number of primary amides is 1. The van der Waals surface area contributed by atoms with E-state index in [1.54, 1.807) is 16.3 Å². The van der Waals surface area contributed by atoms with Gasteiger partial charge in [0.15, 0.2) is 5.13 Å². The Labute approximate surface area is 135 Å². The molecular weight excluding hydrogens is 314 g/mol. The summed E-state index contributed by atoms with van der Waals surface area (Å²) >= 11 is 1.24. The largest absolute Gasteiger partial charge is 0.369 e. The highest BCUT2D eigenvalue weighted by Crippen LogP contribution is 2.17. The average molecular weight is 327 g/mol.